The molecule has 0 fully saturated rings. The van der Waals surface area contributed by atoms with E-state index in [0.29, 0.717) is 18.5 Å². The molecule has 0 aliphatic heterocycles. The summed E-state index contributed by atoms with van der Waals surface area (Å²) in [5.74, 6) is -0.890. The first-order valence-electron chi connectivity index (χ1n) is 8.52. The van der Waals surface area contributed by atoms with Gasteiger partial charge in [-0.05, 0) is 36.8 Å². The number of phenolic OH excluding ortho intramolecular Hbond substituents is 1. The molecule has 0 unspecified atom stereocenters. The fraction of sp³-hybridized carbons (Fsp3) is 0.263. The smallest absolute Gasteiger partial charge is 0.251 e. The molecular weight excluding hydrogens is 368 g/mol. The Bertz CT molecular complexity index is 911. The standard InChI is InChI=1S/C19H22N2O5S/c1-2-27(25,26)15-10-11-17(22)16(13-15)21-18(23)9-6-12-20-19(24)14-7-4-3-5-8-14/h3-5,7-8,10-11,13,22H,2,6,9,12H2,1H3,(H,20,24)(H,21,23). The van der Waals surface area contributed by atoms with Crippen LogP contribution in [0.15, 0.2) is 53.4 Å². The summed E-state index contributed by atoms with van der Waals surface area (Å²) in [6, 6.07) is 12.5. The van der Waals surface area contributed by atoms with Crippen LogP contribution in [-0.4, -0.2) is 37.6 Å². The number of benzene rings is 2. The van der Waals surface area contributed by atoms with E-state index in [2.05, 4.69) is 10.6 Å². The van der Waals surface area contributed by atoms with Crippen LogP contribution in [0.2, 0.25) is 0 Å². The number of carbonyl (C=O) groups excluding carboxylic acids is 2. The Morgan fingerprint density at radius 1 is 1.07 bits per heavy atom. The van der Waals surface area contributed by atoms with Crippen molar-refractivity contribution in [3.05, 3.63) is 54.1 Å². The lowest BCUT2D eigenvalue weighted by molar-refractivity contribution is -0.116. The molecular formula is C19H22N2O5S. The molecule has 2 rings (SSSR count). The van der Waals surface area contributed by atoms with E-state index >= 15 is 0 Å². The number of nitrogens with one attached hydrogen (secondary N) is 2. The van der Waals surface area contributed by atoms with E-state index in [4.69, 9.17) is 0 Å². The maximum absolute atomic E-state index is 12.0. The summed E-state index contributed by atoms with van der Waals surface area (Å²) in [6.07, 6.45) is 0.511. The molecule has 8 heteroatoms. The number of hydrogen-bond donors (Lipinski definition) is 3. The van der Waals surface area contributed by atoms with Gasteiger partial charge in [0.1, 0.15) is 5.75 Å². The highest BCUT2D eigenvalue weighted by molar-refractivity contribution is 7.91. The number of rotatable bonds is 8. The van der Waals surface area contributed by atoms with Gasteiger partial charge in [0.05, 0.1) is 16.3 Å². The molecule has 0 aliphatic rings. The van der Waals surface area contributed by atoms with Gasteiger partial charge in [-0.15, -0.1) is 0 Å². The van der Waals surface area contributed by atoms with E-state index in [-0.39, 0.29) is 40.3 Å². The van der Waals surface area contributed by atoms with Crippen LogP contribution in [0.3, 0.4) is 0 Å². The van der Waals surface area contributed by atoms with Crippen molar-refractivity contribution in [3.8, 4) is 5.75 Å². The molecule has 7 nitrogen and oxygen atoms in total. The lowest BCUT2D eigenvalue weighted by Gasteiger charge is -2.10. The Morgan fingerprint density at radius 2 is 1.78 bits per heavy atom. The van der Waals surface area contributed by atoms with Crippen molar-refractivity contribution in [3.63, 3.8) is 0 Å². The fourth-order valence-corrected chi connectivity index (χ4v) is 3.24. The minimum atomic E-state index is -3.44. The molecule has 0 radical (unpaired) electrons. The second-order valence-corrected chi connectivity index (χ2v) is 8.13. The topological polar surface area (TPSA) is 113 Å². The summed E-state index contributed by atoms with van der Waals surface area (Å²) < 4.78 is 23.8. The quantitative estimate of drug-likeness (QED) is 0.473. The Labute approximate surface area is 158 Å². The molecule has 0 heterocycles. The lowest BCUT2D eigenvalue weighted by Crippen LogP contribution is -2.25. The highest BCUT2D eigenvalue weighted by Crippen LogP contribution is 2.27. The first-order valence-corrected chi connectivity index (χ1v) is 10.2. The van der Waals surface area contributed by atoms with Crippen LogP contribution >= 0.6 is 0 Å². The Hall–Kier alpha value is -2.87. The van der Waals surface area contributed by atoms with Crippen molar-refractivity contribution in [1.82, 2.24) is 5.32 Å². The molecule has 2 aromatic rings. The second kappa shape index (κ2) is 9.18. The fourth-order valence-electron chi connectivity index (χ4n) is 2.33. The van der Waals surface area contributed by atoms with Crippen molar-refractivity contribution < 1.29 is 23.1 Å². The molecule has 0 bridgehead atoms. The minimum Gasteiger partial charge on any atom is -0.506 e. The predicted octanol–water partition coefficient (Wildman–Crippen LogP) is 2.33. The largest absolute Gasteiger partial charge is 0.506 e. The van der Waals surface area contributed by atoms with Crippen LogP contribution in [0.1, 0.15) is 30.1 Å². The zero-order chi connectivity index (χ0) is 19.9. The number of phenols is 1. The van der Waals surface area contributed by atoms with Crippen molar-refractivity contribution in [2.24, 2.45) is 0 Å². The number of anilines is 1. The molecule has 27 heavy (non-hydrogen) atoms. The molecule has 0 saturated carbocycles. The molecule has 0 spiro atoms. The second-order valence-electron chi connectivity index (χ2n) is 5.86. The summed E-state index contributed by atoms with van der Waals surface area (Å²) in [7, 11) is -3.44. The van der Waals surface area contributed by atoms with Gasteiger partial charge in [-0.25, -0.2) is 8.42 Å². The van der Waals surface area contributed by atoms with Gasteiger partial charge in [-0.1, -0.05) is 25.1 Å². The monoisotopic (exact) mass is 390 g/mol. The van der Waals surface area contributed by atoms with Crippen LogP contribution in [0.25, 0.3) is 0 Å². The maximum atomic E-state index is 12.0. The summed E-state index contributed by atoms with van der Waals surface area (Å²) in [4.78, 5) is 23.9. The van der Waals surface area contributed by atoms with E-state index in [0.717, 1.165) is 0 Å². The molecule has 2 aromatic carbocycles. The predicted molar refractivity (Wildman–Crippen MR) is 102 cm³/mol. The maximum Gasteiger partial charge on any atom is 0.251 e. The number of sulfone groups is 1. The van der Waals surface area contributed by atoms with Crippen LogP contribution in [-0.2, 0) is 14.6 Å². The average Bonchev–Trinajstić information content (AvgIpc) is 2.67. The van der Waals surface area contributed by atoms with E-state index < -0.39 is 9.84 Å². The van der Waals surface area contributed by atoms with Gasteiger partial charge in [0.25, 0.3) is 5.91 Å². The first kappa shape index (κ1) is 20.4. The van der Waals surface area contributed by atoms with Gasteiger partial charge in [0.2, 0.25) is 5.91 Å². The van der Waals surface area contributed by atoms with Crippen LogP contribution < -0.4 is 10.6 Å². The van der Waals surface area contributed by atoms with Gasteiger partial charge < -0.3 is 15.7 Å². The van der Waals surface area contributed by atoms with Gasteiger partial charge in [0, 0.05) is 18.5 Å². The van der Waals surface area contributed by atoms with Gasteiger partial charge in [0.15, 0.2) is 9.84 Å². The Balaban J connectivity index is 1.85. The molecule has 2 amide bonds. The number of carbonyl (C=O) groups is 2. The molecule has 0 aromatic heterocycles. The molecule has 0 atom stereocenters. The van der Waals surface area contributed by atoms with E-state index in [1.54, 1.807) is 24.3 Å². The summed E-state index contributed by atoms with van der Waals surface area (Å²) in [5.41, 5.74) is 0.587. The number of amides is 2. The lowest BCUT2D eigenvalue weighted by atomic mass is 10.2. The molecule has 3 N–H and O–H groups in total. The zero-order valence-corrected chi connectivity index (χ0v) is 15.8. The number of hydrogen-bond acceptors (Lipinski definition) is 5. The molecule has 0 saturated heterocycles. The van der Waals surface area contributed by atoms with Crippen molar-refractivity contribution in [1.29, 1.82) is 0 Å². The van der Waals surface area contributed by atoms with Crippen LogP contribution in [0.4, 0.5) is 5.69 Å². The first-order chi connectivity index (χ1) is 12.8. The third kappa shape index (κ3) is 5.82. The van der Waals surface area contributed by atoms with Gasteiger partial charge >= 0.3 is 0 Å². The van der Waals surface area contributed by atoms with Gasteiger partial charge in [-0.2, -0.15) is 0 Å². The van der Waals surface area contributed by atoms with Gasteiger partial charge in [-0.3, -0.25) is 9.59 Å². The van der Waals surface area contributed by atoms with E-state index in [1.807, 2.05) is 6.07 Å². The Morgan fingerprint density at radius 3 is 2.44 bits per heavy atom. The van der Waals surface area contributed by atoms with Crippen molar-refractivity contribution in [2.75, 3.05) is 17.6 Å². The van der Waals surface area contributed by atoms with E-state index in [1.165, 1.54) is 25.1 Å². The van der Waals surface area contributed by atoms with E-state index in [9.17, 15) is 23.1 Å². The SMILES string of the molecule is CCS(=O)(=O)c1ccc(O)c(NC(=O)CCCNC(=O)c2ccccc2)c1. The van der Waals surface area contributed by atoms with Crippen LogP contribution in [0.5, 0.6) is 5.75 Å². The zero-order valence-electron chi connectivity index (χ0n) is 14.9. The molecule has 0 aliphatic carbocycles. The van der Waals surface area contributed by atoms with Crippen molar-refractivity contribution >= 4 is 27.3 Å². The third-order valence-corrected chi connectivity index (χ3v) is 5.62. The minimum absolute atomic E-state index is 0.0354. The highest BCUT2D eigenvalue weighted by Gasteiger charge is 2.15. The summed E-state index contributed by atoms with van der Waals surface area (Å²) in [6.45, 7) is 1.83. The number of aromatic hydroxyl groups is 1. The Kier molecular flexibility index (Phi) is 6.95. The normalized spacial score (nSPS) is 11.0. The third-order valence-electron chi connectivity index (χ3n) is 3.88. The average molecular weight is 390 g/mol. The summed E-state index contributed by atoms with van der Waals surface area (Å²) >= 11 is 0. The summed E-state index contributed by atoms with van der Waals surface area (Å²) in [5, 5.41) is 15.0. The van der Waals surface area contributed by atoms with Crippen molar-refractivity contribution in [2.45, 2.75) is 24.7 Å². The molecule has 144 valence electrons. The highest BCUT2D eigenvalue weighted by atomic mass is 32.2. The van der Waals surface area contributed by atoms with Crippen LogP contribution in [0, 0.1) is 0 Å².